The first-order valence-corrected chi connectivity index (χ1v) is 10.9. The Kier molecular flexibility index (Phi) is 4.35. The second-order valence-electron chi connectivity index (χ2n) is 9.91. The molecular formula is C21H34N2O4. The minimum absolute atomic E-state index is 0.00152. The summed E-state index contributed by atoms with van der Waals surface area (Å²) >= 11 is 0. The highest BCUT2D eigenvalue weighted by Gasteiger charge is 2.78. The predicted octanol–water partition coefficient (Wildman–Crippen LogP) is 1.12. The lowest BCUT2D eigenvalue weighted by atomic mass is 9.53. The summed E-state index contributed by atoms with van der Waals surface area (Å²) in [7, 11) is 0. The van der Waals surface area contributed by atoms with Crippen LogP contribution in [0.1, 0.15) is 39.5 Å². The molecule has 2 saturated carbocycles. The Morgan fingerprint density at radius 1 is 1.22 bits per heavy atom. The molecule has 0 aromatic heterocycles. The summed E-state index contributed by atoms with van der Waals surface area (Å²) in [6, 6.07) is 0. The van der Waals surface area contributed by atoms with Gasteiger partial charge in [0, 0.05) is 50.6 Å². The average Bonchev–Trinajstić information content (AvgIpc) is 3.32. The van der Waals surface area contributed by atoms with Gasteiger partial charge in [0.1, 0.15) is 11.7 Å². The molecule has 7 atom stereocenters. The zero-order chi connectivity index (χ0) is 18.8. The largest absolute Gasteiger partial charge is 0.462 e. The Hall–Kier alpha value is -0.690. The number of carbonyl (C=O) groups excluding carboxylic acids is 1. The van der Waals surface area contributed by atoms with Gasteiger partial charge in [0.25, 0.3) is 0 Å². The Bertz CT molecular complexity index is 607. The number of β-amino-alcohol motifs (C(OH)–C–C–N with tert-alkyl or cyclic N) is 1. The second kappa shape index (κ2) is 6.41. The van der Waals surface area contributed by atoms with E-state index in [9.17, 15) is 4.79 Å². The molecule has 5 rings (SSSR count). The molecule has 5 fully saturated rings. The summed E-state index contributed by atoms with van der Waals surface area (Å²) in [5.41, 5.74) is 0.167. The van der Waals surface area contributed by atoms with Gasteiger partial charge in [0.05, 0.1) is 18.6 Å². The van der Waals surface area contributed by atoms with E-state index in [1.165, 1.54) is 19.3 Å². The number of nitrogens with zero attached hydrogens (tertiary/aromatic N) is 2. The lowest BCUT2D eigenvalue weighted by Crippen LogP contribution is -2.55. The number of esters is 1. The molecule has 3 saturated heterocycles. The van der Waals surface area contributed by atoms with Gasteiger partial charge in [-0.25, -0.2) is 0 Å². The molecule has 0 radical (unpaired) electrons. The van der Waals surface area contributed by atoms with Crippen LogP contribution < -0.4 is 0 Å². The van der Waals surface area contributed by atoms with Crippen LogP contribution in [0.25, 0.3) is 0 Å². The first-order chi connectivity index (χ1) is 13.0. The number of rotatable bonds is 4. The molecule has 1 N–H and O–H groups in total. The molecular weight excluding hydrogens is 344 g/mol. The summed E-state index contributed by atoms with van der Waals surface area (Å²) in [5, 5.41) is 9.12. The number of hydrogen-bond acceptors (Lipinski definition) is 6. The lowest BCUT2D eigenvalue weighted by Gasteiger charge is -2.49. The Morgan fingerprint density at radius 2 is 1.96 bits per heavy atom. The summed E-state index contributed by atoms with van der Waals surface area (Å²) < 4.78 is 12.5. The molecule has 1 spiro atoms. The third-order valence-electron chi connectivity index (χ3n) is 8.53. The van der Waals surface area contributed by atoms with E-state index in [0.717, 1.165) is 45.7 Å². The lowest BCUT2D eigenvalue weighted by molar-refractivity contribution is -0.146. The van der Waals surface area contributed by atoms with E-state index in [2.05, 4.69) is 23.6 Å². The Labute approximate surface area is 162 Å². The van der Waals surface area contributed by atoms with Crippen molar-refractivity contribution in [3.8, 4) is 0 Å². The normalized spacial score (nSPS) is 49.9. The maximum Gasteiger partial charge on any atom is 0.311 e. The van der Waals surface area contributed by atoms with Crippen molar-refractivity contribution in [2.45, 2.75) is 57.3 Å². The molecule has 0 bridgehead atoms. The molecule has 0 aromatic carbocycles. The van der Waals surface area contributed by atoms with Crippen molar-refractivity contribution in [3.05, 3.63) is 0 Å². The SMILES string of the molecule is CC1CCCC2(C)CC3OC(=O)C(CN4CCN(CCO)CC4)C3C3OC132. The minimum atomic E-state index is -0.0394. The van der Waals surface area contributed by atoms with E-state index in [1.54, 1.807) is 0 Å². The monoisotopic (exact) mass is 378 g/mol. The summed E-state index contributed by atoms with van der Waals surface area (Å²) in [6.07, 6.45) is 4.95. The van der Waals surface area contributed by atoms with Crippen LogP contribution in [0.2, 0.25) is 0 Å². The number of carbonyl (C=O) groups is 1. The van der Waals surface area contributed by atoms with Crippen LogP contribution in [-0.2, 0) is 14.3 Å². The van der Waals surface area contributed by atoms with Crippen LogP contribution >= 0.6 is 0 Å². The molecule has 6 heteroatoms. The fourth-order valence-corrected chi connectivity index (χ4v) is 7.06. The topological polar surface area (TPSA) is 65.5 Å². The van der Waals surface area contributed by atoms with Crippen LogP contribution in [0.5, 0.6) is 0 Å². The number of ether oxygens (including phenoxy) is 2. The molecule has 6 nitrogen and oxygen atoms in total. The number of aliphatic hydroxyl groups is 1. The van der Waals surface area contributed by atoms with Gasteiger partial charge in [0.2, 0.25) is 0 Å². The highest BCUT2D eigenvalue weighted by molar-refractivity contribution is 5.76. The van der Waals surface area contributed by atoms with Gasteiger partial charge < -0.3 is 14.6 Å². The maximum atomic E-state index is 12.8. The zero-order valence-corrected chi connectivity index (χ0v) is 16.7. The number of fused-ring (bicyclic) bond motifs is 2. The van der Waals surface area contributed by atoms with Crippen LogP contribution in [0.4, 0.5) is 0 Å². The van der Waals surface area contributed by atoms with E-state index >= 15 is 0 Å². The van der Waals surface area contributed by atoms with Gasteiger partial charge in [0.15, 0.2) is 0 Å². The van der Waals surface area contributed by atoms with Gasteiger partial charge in [-0.05, 0) is 25.2 Å². The zero-order valence-electron chi connectivity index (χ0n) is 16.7. The van der Waals surface area contributed by atoms with E-state index in [4.69, 9.17) is 14.6 Å². The van der Waals surface area contributed by atoms with Crippen molar-refractivity contribution < 1.29 is 19.4 Å². The molecule has 0 aromatic rings. The number of epoxide rings is 1. The van der Waals surface area contributed by atoms with Crippen molar-refractivity contribution in [2.75, 3.05) is 45.9 Å². The fourth-order valence-electron chi connectivity index (χ4n) is 7.06. The van der Waals surface area contributed by atoms with Crippen molar-refractivity contribution in [1.29, 1.82) is 0 Å². The second-order valence-corrected chi connectivity index (χ2v) is 9.91. The van der Waals surface area contributed by atoms with Crippen LogP contribution in [0.15, 0.2) is 0 Å². The molecule has 2 aliphatic carbocycles. The van der Waals surface area contributed by atoms with Crippen LogP contribution in [0.3, 0.4) is 0 Å². The molecule has 3 aliphatic heterocycles. The van der Waals surface area contributed by atoms with Gasteiger partial charge in [-0.15, -0.1) is 0 Å². The quantitative estimate of drug-likeness (QED) is 0.584. The van der Waals surface area contributed by atoms with E-state index in [-0.39, 0.29) is 47.6 Å². The third kappa shape index (κ3) is 2.63. The molecule has 27 heavy (non-hydrogen) atoms. The standard InChI is InChI=1S/C21H34N2O4/c1-14-4-3-5-20(2)12-16-17(18-21(14,20)27-18)15(19(25)26-16)13-23-8-6-22(7-9-23)10-11-24/h14-18,24H,3-13H2,1-2H3. The predicted molar refractivity (Wildman–Crippen MR) is 100 cm³/mol. The van der Waals surface area contributed by atoms with Gasteiger partial charge in [-0.3, -0.25) is 14.6 Å². The Morgan fingerprint density at radius 3 is 2.70 bits per heavy atom. The maximum absolute atomic E-state index is 12.8. The number of aliphatic hydroxyl groups excluding tert-OH is 1. The number of hydrogen-bond donors (Lipinski definition) is 1. The van der Waals surface area contributed by atoms with Gasteiger partial charge in [-0.1, -0.05) is 20.3 Å². The summed E-state index contributed by atoms with van der Waals surface area (Å²) in [6.45, 7) is 10.4. The minimum Gasteiger partial charge on any atom is -0.462 e. The fraction of sp³-hybridized carbons (Fsp3) is 0.952. The van der Waals surface area contributed by atoms with Gasteiger partial charge in [-0.2, -0.15) is 0 Å². The van der Waals surface area contributed by atoms with Crippen molar-refractivity contribution in [1.82, 2.24) is 9.80 Å². The van der Waals surface area contributed by atoms with Crippen molar-refractivity contribution >= 4 is 5.97 Å². The molecule has 7 unspecified atom stereocenters. The van der Waals surface area contributed by atoms with E-state index < -0.39 is 0 Å². The third-order valence-corrected chi connectivity index (χ3v) is 8.53. The van der Waals surface area contributed by atoms with Crippen LogP contribution in [0, 0.1) is 23.2 Å². The first kappa shape index (κ1) is 18.3. The summed E-state index contributed by atoms with van der Waals surface area (Å²) in [4.78, 5) is 17.5. The molecule has 152 valence electrons. The van der Waals surface area contributed by atoms with E-state index in [0.29, 0.717) is 5.92 Å². The summed E-state index contributed by atoms with van der Waals surface area (Å²) in [5.74, 6) is 0.785. The highest BCUT2D eigenvalue weighted by Crippen LogP contribution is 2.70. The first-order valence-electron chi connectivity index (χ1n) is 10.9. The Balaban J connectivity index is 1.30. The van der Waals surface area contributed by atoms with Crippen LogP contribution in [-0.4, -0.2) is 84.6 Å². The van der Waals surface area contributed by atoms with Crippen molar-refractivity contribution in [2.24, 2.45) is 23.2 Å². The average molecular weight is 379 g/mol. The van der Waals surface area contributed by atoms with E-state index in [1.807, 2.05) is 0 Å². The highest BCUT2D eigenvalue weighted by atomic mass is 16.6. The number of piperazine rings is 1. The smallest absolute Gasteiger partial charge is 0.311 e. The molecule has 5 aliphatic rings. The van der Waals surface area contributed by atoms with Gasteiger partial charge >= 0.3 is 5.97 Å². The molecule has 3 heterocycles. The van der Waals surface area contributed by atoms with Crippen molar-refractivity contribution in [3.63, 3.8) is 0 Å². The molecule has 0 amide bonds.